The molecular weight excluding hydrogens is 625 g/mol. The number of benzene rings is 1. The Balaban J connectivity index is 1.32. The van der Waals surface area contributed by atoms with E-state index in [9.17, 15) is 26.4 Å². The third kappa shape index (κ3) is 4.97. The fourth-order valence-electron chi connectivity index (χ4n) is 12.3. The highest BCUT2D eigenvalue weighted by Crippen LogP contribution is 2.77. The molecule has 0 amide bonds. The number of fused-ring (bicyclic) bond motifs is 7. The lowest BCUT2D eigenvalue weighted by Crippen LogP contribution is -2.66. The number of alkyl halides is 3. The van der Waals surface area contributed by atoms with Crippen molar-refractivity contribution < 1.29 is 35.3 Å². The number of esters is 1. The smallest absolute Gasteiger partial charge is 0.460 e. The minimum atomic E-state index is -5.75. The second-order valence-corrected chi connectivity index (χ2v) is 18.4. The van der Waals surface area contributed by atoms with Gasteiger partial charge in [0.15, 0.2) is 0 Å². The fraction of sp³-hybridized carbons (Fsp3) is 0.711. The molecular formula is C38H51F3O5S. The molecule has 0 heterocycles. The Morgan fingerprint density at radius 1 is 0.915 bits per heavy atom. The van der Waals surface area contributed by atoms with Gasteiger partial charge in [-0.1, -0.05) is 77.1 Å². The molecule has 0 aliphatic heterocycles. The molecule has 0 aromatic heterocycles. The maximum Gasteiger partial charge on any atom is 0.534 e. The summed E-state index contributed by atoms with van der Waals surface area (Å²) in [6, 6.07) is 9.84. The van der Waals surface area contributed by atoms with Crippen LogP contribution < -0.4 is 0 Å². The van der Waals surface area contributed by atoms with Gasteiger partial charge in [-0.05, 0) is 122 Å². The number of carbonyl (C=O) groups is 1. The molecule has 1 unspecified atom stereocenters. The number of carbonyl (C=O) groups excluding carboxylic acids is 1. The molecule has 4 saturated carbocycles. The molecule has 0 saturated heterocycles. The zero-order valence-corrected chi connectivity index (χ0v) is 29.5. The fourth-order valence-corrected chi connectivity index (χ4v) is 12.9. The van der Waals surface area contributed by atoms with Gasteiger partial charge in [0, 0.05) is 5.41 Å². The minimum Gasteiger partial charge on any atom is -0.460 e. The number of hydrogen-bond acceptors (Lipinski definition) is 5. The first-order valence-corrected chi connectivity index (χ1v) is 18.7. The van der Waals surface area contributed by atoms with Crippen molar-refractivity contribution in [1.29, 1.82) is 0 Å². The summed E-state index contributed by atoms with van der Waals surface area (Å²) in [7, 11) is -5.75. The molecule has 0 spiro atoms. The molecule has 260 valence electrons. The molecule has 47 heavy (non-hydrogen) atoms. The van der Waals surface area contributed by atoms with Crippen LogP contribution >= 0.6 is 0 Å². The molecule has 1 aromatic carbocycles. The van der Waals surface area contributed by atoms with Crippen LogP contribution in [0.15, 0.2) is 54.3 Å². The molecule has 5 aliphatic carbocycles. The number of rotatable bonds is 6. The normalized spacial score (nSPS) is 41.0. The highest BCUT2D eigenvalue weighted by Gasteiger charge is 2.72. The van der Waals surface area contributed by atoms with Crippen LogP contribution in [0.1, 0.15) is 105 Å². The van der Waals surface area contributed by atoms with Crippen molar-refractivity contribution in [2.45, 2.75) is 111 Å². The molecule has 0 N–H and O–H groups in total. The Kier molecular flexibility index (Phi) is 8.17. The Morgan fingerprint density at radius 2 is 1.60 bits per heavy atom. The van der Waals surface area contributed by atoms with Crippen LogP contribution in [-0.2, 0) is 30.4 Å². The minimum absolute atomic E-state index is 0.0399. The van der Waals surface area contributed by atoms with Gasteiger partial charge in [0.2, 0.25) is 0 Å². The Labute approximate surface area is 278 Å². The van der Waals surface area contributed by atoms with E-state index in [2.05, 4.69) is 34.3 Å². The van der Waals surface area contributed by atoms with Crippen LogP contribution in [0.3, 0.4) is 0 Å². The van der Waals surface area contributed by atoms with Crippen molar-refractivity contribution in [2.75, 3.05) is 0 Å². The quantitative estimate of drug-likeness (QED) is 0.130. The van der Waals surface area contributed by atoms with Crippen molar-refractivity contribution >= 4 is 16.1 Å². The third-order valence-corrected chi connectivity index (χ3v) is 15.6. The summed E-state index contributed by atoms with van der Waals surface area (Å²) < 4.78 is 75.0. The van der Waals surface area contributed by atoms with Gasteiger partial charge in [-0.25, -0.2) is 0 Å². The first-order chi connectivity index (χ1) is 21.7. The molecule has 9 atom stereocenters. The maximum atomic E-state index is 14.2. The van der Waals surface area contributed by atoms with Crippen LogP contribution in [0.4, 0.5) is 13.2 Å². The maximum absolute atomic E-state index is 14.2. The van der Waals surface area contributed by atoms with Crippen molar-refractivity contribution in [3.05, 3.63) is 59.9 Å². The number of hydrogen-bond donors (Lipinski definition) is 0. The van der Waals surface area contributed by atoms with Gasteiger partial charge in [0.25, 0.3) is 0 Å². The lowest BCUT2D eigenvalue weighted by atomic mass is 9.32. The summed E-state index contributed by atoms with van der Waals surface area (Å²) in [5.74, 6) is 0.807. The van der Waals surface area contributed by atoms with Gasteiger partial charge in [0.1, 0.15) is 12.4 Å². The summed E-state index contributed by atoms with van der Waals surface area (Å²) in [4.78, 5) is 14.2. The monoisotopic (exact) mass is 676 g/mol. The van der Waals surface area contributed by atoms with Crippen LogP contribution in [-0.4, -0.2) is 19.9 Å². The summed E-state index contributed by atoms with van der Waals surface area (Å²) in [5, 5.41) is 0. The first kappa shape index (κ1) is 34.6. The van der Waals surface area contributed by atoms with E-state index in [0.29, 0.717) is 12.3 Å². The van der Waals surface area contributed by atoms with Gasteiger partial charge >= 0.3 is 21.6 Å². The molecule has 0 bridgehead atoms. The molecule has 4 fully saturated rings. The van der Waals surface area contributed by atoms with Gasteiger partial charge < -0.3 is 8.92 Å². The van der Waals surface area contributed by atoms with Gasteiger partial charge in [-0.15, -0.1) is 0 Å². The average molecular weight is 677 g/mol. The summed E-state index contributed by atoms with van der Waals surface area (Å²) >= 11 is 0. The van der Waals surface area contributed by atoms with Crippen LogP contribution in [0.5, 0.6) is 0 Å². The van der Waals surface area contributed by atoms with E-state index >= 15 is 0 Å². The number of halogens is 3. The molecule has 9 heteroatoms. The van der Waals surface area contributed by atoms with Gasteiger partial charge in [-0.3, -0.25) is 4.79 Å². The third-order valence-electron chi connectivity index (χ3n) is 14.7. The van der Waals surface area contributed by atoms with E-state index in [1.165, 1.54) is 0 Å². The van der Waals surface area contributed by atoms with Gasteiger partial charge in [0.05, 0.1) is 5.41 Å². The zero-order chi connectivity index (χ0) is 34.4. The van der Waals surface area contributed by atoms with E-state index in [4.69, 9.17) is 8.92 Å². The predicted octanol–water partition coefficient (Wildman–Crippen LogP) is 9.75. The molecule has 6 rings (SSSR count). The molecule has 1 aromatic rings. The summed E-state index contributed by atoms with van der Waals surface area (Å²) in [6.07, 6.45) is 9.14. The van der Waals surface area contributed by atoms with Crippen LogP contribution in [0, 0.1) is 56.7 Å². The predicted molar refractivity (Wildman–Crippen MR) is 175 cm³/mol. The highest BCUT2D eigenvalue weighted by atomic mass is 32.2. The molecule has 5 aliphatic rings. The number of allylic oxidation sites excluding steroid dienone is 3. The lowest BCUT2D eigenvalue weighted by Gasteiger charge is -2.72. The molecule has 5 nitrogen and oxygen atoms in total. The van der Waals surface area contributed by atoms with E-state index in [-0.39, 0.29) is 58.3 Å². The largest absolute Gasteiger partial charge is 0.534 e. The highest BCUT2D eigenvalue weighted by molar-refractivity contribution is 7.87. The standard InChI is InChI=1S/C38H51F3O5S/c1-24(2)26-15-20-37(32(42)45-23-25-11-9-8-10-12-25)22-21-35(6)27(31(26)37)13-14-29-34(5)18-17-30(46-47(43,44)38(39,40)41)33(3,4)28(34)16-19-36(29,35)7/h8-12,17,26-29,31H,1,13-16,18-23H2,2-7H3/t26-,27+,28-,29?,31+,34-,35+,36+,37-/m0/s1. The Bertz CT molecular complexity index is 1570. The number of ether oxygens (including phenoxy) is 1. The topological polar surface area (TPSA) is 69.7 Å². The van der Waals surface area contributed by atoms with Crippen LogP contribution in [0.25, 0.3) is 0 Å². The summed E-state index contributed by atoms with van der Waals surface area (Å²) in [5.41, 5.74) is -5.13. The van der Waals surface area contributed by atoms with Gasteiger partial charge in [-0.2, -0.15) is 21.6 Å². The summed E-state index contributed by atoms with van der Waals surface area (Å²) in [6.45, 7) is 17.6. The van der Waals surface area contributed by atoms with Crippen molar-refractivity contribution in [3.8, 4) is 0 Å². The van der Waals surface area contributed by atoms with E-state index in [1.807, 2.05) is 44.2 Å². The Morgan fingerprint density at radius 3 is 2.23 bits per heavy atom. The average Bonchev–Trinajstić information content (AvgIpc) is 3.39. The van der Waals surface area contributed by atoms with E-state index in [1.54, 1.807) is 6.08 Å². The van der Waals surface area contributed by atoms with Crippen molar-refractivity contribution in [2.24, 2.45) is 56.7 Å². The van der Waals surface area contributed by atoms with Crippen LogP contribution in [0.2, 0.25) is 0 Å². The van der Waals surface area contributed by atoms with E-state index < -0.39 is 26.5 Å². The van der Waals surface area contributed by atoms with Crippen molar-refractivity contribution in [3.63, 3.8) is 0 Å². The second kappa shape index (κ2) is 11.1. The SMILES string of the molecule is C=C(C)[C@@H]1CC[C@]2(C(=O)OCc3ccccc3)CC[C@]3(C)[C@H](CCC4[C@@]5(C)CC=C(OS(=O)(=O)C(F)(F)F)C(C)(C)[C@@H]5CC[C@]43C)[C@@H]12. The van der Waals surface area contributed by atoms with E-state index in [0.717, 1.165) is 62.5 Å². The zero-order valence-electron chi connectivity index (χ0n) is 28.7. The lowest BCUT2D eigenvalue weighted by molar-refractivity contribution is -0.232. The molecule has 0 radical (unpaired) electrons. The Hall–Kier alpha value is -2.29. The first-order valence-electron chi connectivity index (χ1n) is 17.3. The van der Waals surface area contributed by atoms with Crippen molar-refractivity contribution in [1.82, 2.24) is 0 Å². The second-order valence-electron chi connectivity index (χ2n) is 16.9.